The molecule has 2 aromatic rings. The molecule has 3 atom stereocenters. The first-order chi connectivity index (χ1) is 19.6. The molecule has 1 aliphatic carbocycles. The van der Waals surface area contributed by atoms with E-state index in [1.165, 1.54) is 23.9 Å². The van der Waals surface area contributed by atoms with E-state index >= 15 is 0 Å². The first kappa shape index (κ1) is 31.7. The van der Waals surface area contributed by atoms with Gasteiger partial charge >= 0.3 is 18.3 Å². The number of amides is 3. The fourth-order valence-corrected chi connectivity index (χ4v) is 5.47. The third kappa shape index (κ3) is 7.22. The van der Waals surface area contributed by atoms with Gasteiger partial charge in [0.25, 0.3) is 6.08 Å². The Morgan fingerprint density at radius 2 is 1.90 bits per heavy atom. The number of alkyl carbamates (subject to hydrolysis) is 1. The molecular weight excluding hydrogens is 591 g/mol. The van der Waals surface area contributed by atoms with Crippen LogP contribution in [0.25, 0.3) is 5.65 Å². The van der Waals surface area contributed by atoms with E-state index in [1.807, 2.05) is 5.32 Å². The van der Waals surface area contributed by atoms with Gasteiger partial charge in [0.05, 0.1) is 37.1 Å². The highest BCUT2D eigenvalue weighted by Crippen LogP contribution is 2.39. The highest BCUT2D eigenvalue weighted by molar-refractivity contribution is 6.30. The minimum Gasteiger partial charge on any atom is -0.444 e. The largest absolute Gasteiger partial charge is 0.444 e. The standard InChI is InChI=1S/C26H32ClF5N6O4/c1-25(2,3)42-24(40)35-20(13-5-7-14(8-6-13)22(28)29)16-10-38-19(33-16)9-15(21(27)36-38)17(12-41-4)37-11-18(26(30,31)32)34-23(37)39/h9-10,13,17-18,20H,5-8,11-12H2,1-4H3,(H,34,39)(H,35,40)/t17-,18+,20+/m1/s1. The Hall–Kier alpha value is -3.20. The Labute approximate surface area is 243 Å². The van der Waals surface area contributed by atoms with Crippen LogP contribution in [0.5, 0.6) is 0 Å². The van der Waals surface area contributed by atoms with Crippen molar-refractivity contribution in [2.45, 2.75) is 76.4 Å². The molecule has 3 amide bonds. The molecule has 1 saturated heterocycles. The van der Waals surface area contributed by atoms with Crippen molar-refractivity contribution < 1.29 is 41.0 Å². The molecule has 2 aromatic heterocycles. The summed E-state index contributed by atoms with van der Waals surface area (Å²) in [4.78, 5) is 30.8. The van der Waals surface area contributed by atoms with Crippen LogP contribution in [0.1, 0.15) is 69.8 Å². The van der Waals surface area contributed by atoms with Gasteiger partial charge in [0.15, 0.2) is 10.8 Å². The zero-order valence-corrected chi connectivity index (χ0v) is 24.2. The number of ether oxygens (including phenoxy) is 2. The second-order valence-electron chi connectivity index (χ2n) is 11.4. The minimum absolute atomic E-state index is 0.0817. The first-order valence-corrected chi connectivity index (χ1v) is 13.7. The van der Waals surface area contributed by atoms with Gasteiger partial charge < -0.3 is 25.0 Å². The topological polar surface area (TPSA) is 110 Å². The first-order valence-electron chi connectivity index (χ1n) is 13.3. The molecule has 0 aromatic carbocycles. The van der Waals surface area contributed by atoms with Crippen molar-refractivity contribution in [3.63, 3.8) is 0 Å². The number of hydrogen-bond acceptors (Lipinski definition) is 6. The molecular formula is C26H32ClF5N6O4. The Bertz CT molecular complexity index is 1350. The molecule has 16 heteroatoms. The highest BCUT2D eigenvalue weighted by atomic mass is 35.5. The number of methoxy groups -OCH3 is 1. The number of nitrogens with one attached hydrogen (secondary N) is 2. The molecule has 1 aliphatic heterocycles. The highest BCUT2D eigenvalue weighted by Gasteiger charge is 2.49. The van der Waals surface area contributed by atoms with Crippen LogP contribution >= 0.6 is 11.6 Å². The van der Waals surface area contributed by atoms with Gasteiger partial charge in [-0.25, -0.2) is 19.1 Å². The van der Waals surface area contributed by atoms with E-state index in [0.717, 1.165) is 4.90 Å². The van der Waals surface area contributed by atoms with Crippen LogP contribution in [-0.2, 0) is 9.47 Å². The number of halogens is 6. The van der Waals surface area contributed by atoms with Crippen molar-refractivity contribution >= 4 is 29.4 Å². The lowest BCUT2D eigenvalue weighted by Gasteiger charge is -2.31. The summed E-state index contributed by atoms with van der Waals surface area (Å²) in [6.07, 6.45) is -4.47. The number of rotatable bonds is 7. The van der Waals surface area contributed by atoms with Crippen molar-refractivity contribution in [3.05, 3.63) is 40.3 Å². The van der Waals surface area contributed by atoms with Crippen molar-refractivity contribution in [1.82, 2.24) is 30.1 Å². The SMILES string of the molecule is COC[C@H](c1cc2nc([C@@H](NC(=O)OC(C)(C)C)C3CCC(=C(F)F)CC3)cn2nc1Cl)N1C[C@@H](C(F)(F)F)NC1=O. The number of carbonyl (C=O) groups is 2. The Balaban J connectivity index is 1.68. The van der Waals surface area contributed by atoms with Gasteiger partial charge in [0.2, 0.25) is 0 Å². The van der Waals surface area contributed by atoms with E-state index in [4.69, 9.17) is 21.1 Å². The van der Waals surface area contributed by atoms with Gasteiger partial charge in [-0.15, -0.1) is 0 Å². The second-order valence-corrected chi connectivity index (χ2v) is 11.7. The number of carbonyl (C=O) groups excluding carboxylic acids is 2. The van der Waals surface area contributed by atoms with Crippen LogP contribution < -0.4 is 10.6 Å². The average Bonchev–Trinajstić information content (AvgIpc) is 3.47. The summed E-state index contributed by atoms with van der Waals surface area (Å²) in [5.74, 6) is -0.255. The van der Waals surface area contributed by atoms with Gasteiger partial charge in [-0.1, -0.05) is 11.6 Å². The lowest BCUT2D eigenvalue weighted by atomic mass is 9.81. The molecule has 0 spiro atoms. The van der Waals surface area contributed by atoms with Crippen LogP contribution in [0, 0.1) is 5.92 Å². The van der Waals surface area contributed by atoms with E-state index < -0.39 is 54.7 Å². The van der Waals surface area contributed by atoms with Crippen molar-refractivity contribution in [2.24, 2.45) is 5.92 Å². The van der Waals surface area contributed by atoms with Gasteiger partial charge in [-0.3, -0.25) is 0 Å². The molecule has 3 heterocycles. The summed E-state index contributed by atoms with van der Waals surface area (Å²) < 4.78 is 78.3. The number of allylic oxidation sites excluding steroid dienone is 1. The fourth-order valence-electron chi connectivity index (χ4n) is 5.21. The quantitative estimate of drug-likeness (QED) is 0.370. The van der Waals surface area contributed by atoms with Crippen molar-refractivity contribution in [3.8, 4) is 0 Å². The predicted octanol–water partition coefficient (Wildman–Crippen LogP) is 5.93. The summed E-state index contributed by atoms with van der Waals surface area (Å²) >= 11 is 6.46. The number of imidazole rings is 1. The minimum atomic E-state index is -4.65. The number of fused-ring (bicyclic) bond motifs is 1. The van der Waals surface area contributed by atoms with E-state index in [1.54, 1.807) is 20.8 Å². The van der Waals surface area contributed by atoms with E-state index in [2.05, 4.69) is 15.4 Å². The maximum atomic E-state index is 13.3. The molecule has 2 N–H and O–H groups in total. The molecule has 232 valence electrons. The monoisotopic (exact) mass is 622 g/mol. The maximum Gasteiger partial charge on any atom is 0.410 e. The number of urea groups is 1. The second kappa shape index (κ2) is 12.2. The third-order valence-electron chi connectivity index (χ3n) is 7.21. The lowest BCUT2D eigenvalue weighted by molar-refractivity contribution is -0.150. The van der Waals surface area contributed by atoms with Gasteiger partial charge in [0, 0.05) is 12.7 Å². The number of hydrogen-bond donors (Lipinski definition) is 2. The smallest absolute Gasteiger partial charge is 0.410 e. The molecule has 0 unspecified atom stereocenters. The zero-order chi connectivity index (χ0) is 31.0. The molecule has 2 aliphatic rings. The van der Waals surface area contributed by atoms with Crippen LogP contribution in [0.3, 0.4) is 0 Å². The Kier molecular flexibility index (Phi) is 9.21. The van der Waals surface area contributed by atoms with Gasteiger partial charge in [-0.05, 0) is 64.0 Å². The third-order valence-corrected chi connectivity index (χ3v) is 7.50. The Morgan fingerprint density at radius 3 is 2.45 bits per heavy atom. The summed E-state index contributed by atoms with van der Waals surface area (Å²) in [7, 11) is 1.34. The maximum absolute atomic E-state index is 13.3. The Morgan fingerprint density at radius 1 is 1.24 bits per heavy atom. The van der Waals surface area contributed by atoms with Crippen LogP contribution in [0.4, 0.5) is 31.5 Å². The molecule has 10 nitrogen and oxygen atoms in total. The van der Waals surface area contributed by atoms with Gasteiger partial charge in [0.1, 0.15) is 11.6 Å². The average molecular weight is 623 g/mol. The van der Waals surface area contributed by atoms with E-state index in [9.17, 15) is 31.5 Å². The van der Waals surface area contributed by atoms with Crippen LogP contribution in [0.15, 0.2) is 23.9 Å². The van der Waals surface area contributed by atoms with Crippen LogP contribution in [-0.4, -0.2) is 69.7 Å². The number of nitrogens with zero attached hydrogens (tertiary/aromatic N) is 4. The molecule has 0 bridgehead atoms. The fraction of sp³-hybridized carbons (Fsp3) is 0.615. The predicted molar refractivity (Wildman–Crippen MR) is 141 cm³/mol. The van der Waals surface area contributed by atoms with Gasteiger partial charge in [-0.2, -0.15) is 27.1 Å². The molecule has 4 rings (SSSR count). The van der Waals surface area contributed by atoms with Crippen LogP contribution in [0.2, 0.25) is 5.15 Å². The molecule has 42 heavy (non-hydrogen) atoms. The number of alkyl halides is 3. The normalized spacial score (nSPS) is 21.3. The number of aromatic nitrogens is 3. The van der Waals surface area contributed by atoms with E-state index in [0.29, 0.717) is 18.5 Å². The summed E-state index contributed by atoms with van der Waals surface area (Å²) in [5, 5.41) is 8.95. The summed E-state index contributed by atoms with van der Waals surface area (Å²) in [5.41, 5.74) is 0.0985. The molecule has 0 radical (unpaired) electrons. The lowest BCUT2D eigenvalue weighted by Crippen LogP contribution is -2.40. The van der Waals surface area contributed by atoms with Crippen molar-refractivity contribution in [1.29, 1.82) is 0 Å². The zero-order valence-electron chi connectivity index (χ0n) is 23.4. The van der Waals surface area contributed by atoms with Crippen molar-refractivity contribution in [2.75, 3.05) is 20.3 Å². The summed E-state index contributed by atoms with van der Waals surface area (Å²) in [6, 6.07) is -3.24. The molecule has 2 fully saturated rings. The molecule has 1 saturated carbocycles. The summed E-state index contributed by atoms with van der Waals surface area (Å²) in [6.45, 7) is 4.28. The van der Waals surface area contributed by atoms with E-state index in [-0.39, 0.29) is 47.3 Å².